The molecule has 7 N–H and O–H groups in total. The highest BCUT2D eigenvalue weighted by Crippen LogP contribution is 2.66. The van der Waals surface area contributed by atoms with Crippen LogP contribution in [0.4, 0.5) is 0 Å². The fourth-order valence-corrected chi connectivity index (χ4v) is 6.39. The number of aromatic nitrogens is 4. The van der Waals surface area contributed by atoms with Crippen LogP contribution in [0.25, 0.3) is 11.2 Å². The number of fused-ring (bicyclic) bond motifs is 1. The largest absolute Gasteiger partial charge is 0.490 e. The van der Waals surface area contributed by atoms with Crippen LogP contribution in [0.3, 0.4) is 0 Å². The molecule has 2 aromatic rings. The zero-order valence-corrected chi connectivity index (χ0v) is 18.7. The van der Waals surface area contributed by atoms with Crippen LogP contribution in [0.5, 0.6) is 0 Å². The molecule has 3 rings (SSSR count). The predicted molar refractivity (Wildman–Crippen MR) is 102 cm³/mol. The average molecular weight is 520 g/mol. The van der Waals surface area contributed by atoms with Crippen LogP contribution in [0.2, 0.25) is 0 Å². The van der Waals surface area contributed by atoms with Crippen LogP contribution in [0.1, 0.15) is 18.3 Å². The Hall–Kier alpha value is -1.32. The van der Waals surface area contributed by atoms with Gasteiger partial charge >= 0.3 is 23.5 Å². The van der Waals surface area contributed by atoms with E-state index in [0.29, 0.717) is 0 Å². The molecular weight excluding hydrogens is 501 g/mol. The SMILES string of the molecule is Cc1nc2c(ncn2[C@@H]2C[C@H](COP(=O)(O)OP(=O)(O)OP(=O)(O)O)C(O)[C@@H]2O)c(=O)[nH]1. The quantitative estimate of drug-likeness (QED) is 0.207. The summed E-state index contributed by atoms with van der Waals surface area (Å²) in [6.45, 7) is 0.766. The van der Waals surface area contributed by atoms with Gasteiger partial charge in [0.05, 0.1) is 25.1 Å². The standard InChI is InChI=1S/C12H19N4O13P3/c1-5-14-11-8(12(19)15-5)13-4-16(11)7-2-6(9(17)10(7)18)3-27-31(23,24)29-32(25,26)28-30(20,21)22/h4,6-7,9-10,17-18H,2-3H2,1H3,(H,23,24)(H,25,26)(H,14,15,19)(H2,20,21,22)/t6-,7-,9?,10-/m1/s1. The molecule has 1 aliphatic carbocycles. The summed E-state index contributed by atoms with van der Waals surface area (Å²) in [6.07, 6.45) is -1.74. The van der Waals surface area contributed by atoms with Crippen LogP contribution in [0.15, 0.2) is 11.1 Å². The highest BCUT2D eigenvalue weighted by molar-refractivity contribution is 7.66. The highest BCUT2D eigenvalue weighted by atomic mass is 31.3. The molecule has 6 atom stereocenters. The van der Waals surface area contributed by atoms with Gasteiger partial charge in [0.2, 0.25) is 0 Å². The van der Waals surface area contributed by atoms with Crippen LogP contribution < -0.4 is 5.56 Å². The zero-order chi connectivity index (χ0) is 24.1. The first-order valence-corrected chi connectivity index (χ1v) is 13.2. The topological polar surface area (TPSA) is 264 Å². The molecular formula is C12H19N4O13P3. The number of nitrogens with one attached hydrogen (secondary N) is 1. The lowest BCUT2D eigenvalue weighted by Gasteiger charge is -2.19. The van der Waals surface area contributed by atoms with E-state index in [-0.39, 0.29) is 23.4 Å². The Bertz CT molecular complexity index is 1210. The number of phosphoric acid groups is 3. The molecule has 1 fully saturated rings. The minimum Gasteiger partial charge on any atom is -0.390 e. The predicted octanol–water partition coefficient (Wildman–Crippen LogP) is -0.946. The molecule has 0 aromatic carbocycles. The van der Waals surface area contributed by atoms with Crippen molar-refractivity contribution in [2.24, 2.45) is 5.92 Å². The van der Waals surface area contributed by atoms with Crippen molar-refractivity contribution < 1.29 is 56.6 Å². The molecule has 1 saturated carbocycles. The maximum Gasteiger partial charge on any atom is 0.490 e. The maximum atomic E-state index is 12.0. The number of nitrogens with zero attached hydrogens (tertiary/aromatic N) is 3. The number of hydrogen-bond acceptors (Lipinski definition) is 11. The fourth-order valence-electron chi connectivity index (χ4n) is 3.31. The zero-order valence-electron chi connectivity index (χ0n) is 16.0. The highest BCUT2D eigenvalue weighted by Gasteiger charge is 2.46. The van der Waals surface area contributed by atoms with E-state index in [2.05, 4.69) is 28.1 Å². The number of imidazole rings is 1. The van der Waals surface area contributed by atoms with Gasteiger partial charge in [-0.1, -0.05) is 0 Å². The fraction of sp³-hybridized carbons (Fsp3) is 0.583. The van der Waals surface area contributed by atoms with E-state index < -0.39 is 59.8 Å². The van der Waals surface area contributed by atoms with Crippen molar-refractivity contribution in [1.29, 1.82) is 0 Å². The summed E-state index contributed by atoms with van der Waals surface area (Å²) in [4.78, 5) is 58.3. The normalized spacial score (nSPS) is 28.0. The number of aromatic amines is 1. The Morgan fingerprint density at radius 2 is 1.78 bits per heavy atom. The smallest absolute Gasteiger partial charge is 0.390 e. The summed E-state index contributed by atoms with van der Waals surface area (Å²) in [7, 11) is -16.6. The Balaban J connectivity index is 1.72. The van der Waals surface area contributed by atoms with Gasteiger partial charge < -0.3 is 39.3 Å². The maximum absolute atomic E-state index is 12.0. The summed E-state index contributed by atoms with van der Waals surface area (Å²) in [5, 5.41) is 20.7. The number of aryl methyl sites for hydroxylation is 1. The van der Waals surface area contributed by atoms with E-state index in [0.717, 1.165) is 0 Å². The molecule has 0 amide bonds. The number of phosphoric ester groups is 1. The van der Waals surface area contributed by atoms with E-state index in [1.165, 1.54) is 17.8 Å². The first-order chi connectivity index (χ1) is 14.6. The number of hydrogen-bond donors (Lipinski definition) is 7. The minimum absolute atomic E-state index is 0.00555. The van der Waals surface area contributed by atoms with Gasteiger partial charge in [-0.05, 0) is 13.3 Å². The lowest BCUT2D eigenvalue weighted by molar-refractivity contribution is -0.00373. The number of aliphatic hydroxyl groups is 2. The molecule has 0 spiro atoms. The number of aliphatic hydroxyl groups excluding tert-OH is 2. The molecule has 0 radical (unpaired) electrons. The van der Waals surface area contributed by atoms with Gasteiger partial charge in [0.1, 0.15) is 11.9 Å². The molecule has 17 nitrogen and oxygen atoms in total. The molecule has 0 aliphatic heterocycles. The molecule has 2 heterocycles. The average Bonchev–Trinajstić information content (AvgIpc) is 3.12. The van der Waals surface area contributed by atoms with Crippen molar-refractivity contribution in [2.75, 3.05) is 6.61 Å². The van der Waals surface area contributed by atoms with E-state index >= 15 is 0 Å². The number of rotatable bonds is 8. The Kier molecular flexibility index (Phi) is 6.96. The minimum atomic E-state index is -5.68. The van der Waals surface area contributed by atoms with Crippen LogP contribution >= 0.6 is 23.5 Å². The van der Waals surface area contributed by atoms with Crippen molar-refractivity contribution in [3.63, 3.8) is 0 Å². The molecule has 180 valence electrons. The summed E-state index contributed by atoms with van der Waals surface area (Å²) in [6, 6.07) is -0.863. The Labute approximate surface area is 178 Å². The molecule has 3 unspecified atom stereocenters. The molecule has 1 aliphatic rings. The molecule has 2 aromatic heterocycles. The second kappa shape index (κ2) is 8.80. The summed E-state index contributed by atoms with van der Waals surface area (Å²) in [5.74, 6) is -0.720. The molecule has 0 bridgehead atoms. The van der Waals surface area contributed by atoms with Crippen LogP contribution in [-0.2, 0) is 26.8 Å². The van der Waals surface area contributed by atoms with Crippen molar-refractivity contribution in [3.05, 3.63) is 22.5 Å². The van der Waals surface area contributed by atoms with Gasteiger partial charge in [0, 0.05) is 5.92 Å². The van der Waals surface area contributed by atoms with E-state index in [1.54, 1.807) is 0 Å². The van der Waals surface area contributed by atoms with Gasteiger partial charge in [0.15, 0.2) is 11.2 Å². The van der Waals surface area contributed by atoms with Gasteiger partial charge in [-0.15, -0.1) is 0 Å². The van der Waals surface area contributed by atoms with Crippen molar-refractivity contribution in [1.82, 2.24) is 19.5 Å². The third-order valence-electron chi connectivity index (χ3n) is 4.55. The summed E-state index contributed by atoms with van der Waals surface area (Å²) < 4.78 is 47.0. The van der Waals surface area contributed by atoms with Gasteiger partial charge in [-0.25, -0.2) is 23.7 Å². The van der Waals surface area contributed by atoms with Crippen LogP contribution in [-0.4, -0.2) is 68.1 Å². The summed E-state index contributed by atoms with van der Waals surface area (Å²) >= 11 is 0. The summed E-state index contributed by atoms with van der Waals surface area (Å²) in [5.41, 5.74) is -0.381. The van der Waals surface area contributed by atoms with Gasteiger partial charge in [-0.3, -0.25) is 9.32 Å². The lowest BCUT2D eigenvalue weighted by atomic mass is 10.1. The first kappa shape index (κ1) is 25.3. The molecule has 20 heteroatoms. The molecule has 32 heavy (non-hydrogen) atoms. The van der Waals surface area contributed by atoms with E-state index in [4.69, 9.17) is 14.7 Å². The third-order valence-corrected chi connectivity index (χ3v) is 8.35. The molecule has 0 saturated heterocycles. The van der Waals surface area contributed by atoms with Crippen molar-refractivity contribution in [3.8, 4) is 0 Å². The van der Waals surface area contributed by atoms with Crippen molar-refractivity contribution >= 4 is 34.6 Å². The lowest BCUT2D eigenvalue weighted by Crippen LogP contribution is -2.30. The van der Waals surface area contributed by atoms with Gasteiger partial charge in [-0.2, -0.15) is 8.62 Å². The van der Waals surface area contributed by atoms with Gasteiger partial charge in [0.25, 0.3) is 5.56 Å². The van der Waals surface area contributed by atoms with E-state index in [9.17, 15) is 33.6 Å². The third kappa shape index (κ3) is 5.78. The second-order valence-corrected chi connectivity index (χ2v) is 11.3. The monoisotopic (exact) mass is 520 g/mol. The Morgan fingerprint density at radius 1 is 1.12 bits per heavy atom. The first-order valence-electron chi connectivity index (χ1n) is 8.66. The second-order valence-electron chi connectivity index (χ2n) is 6.91. The Morgan fingerprint density at radius 3 is 2.41 bits per heavy atom. The van der Waals surface area contributed by atoms with Crippen molar-refractivity contribution in [2.45, 2.75) is 31.6 Å². The van der Waals surface area contributed by atoms with Crippen LogP contribution in [0, 0.1) is 12.8 Å². The number of H-pyrrole nitrogens is 1. The van der Waals surface area contributed by atoms with E-state index in [1.807, 2.05) is 0 Å².